The number of nitrogens with zero attached hydrogens (tertiary/aromatic N) is 2. The molecule has 1 atom stereocenters. The first-order valence-electron chi connectivity index (χ1n) is 6.57. The van der Waals surface area contributed by atoms with Gasteiger partial charge in [-0.05, 0) is 18.6 Å². The molecule has 0 aliphatic rings. The van der Waals surface area contributed by atoms with Gasteiger partial charge in [0.05, 0.1) is 17.6 Å². The summed E-state index contributed by atoms with van der Waals surface area (Å²) in [6, 6.07) is 6.98. The summed E-state index contributed by atoms with van der Waals surface area (Å²) in [4.78, 5) is 12.0. The predicted octanol–water partition coefficient (Wildman–Crippen LogP) is 2.43. The van der Waals surface area contributed by atoms with Gasteiger partial charge in [0, 0.05) is 35.5 Å². The maximum atomic E-state index is 12.0. The number of anilines is 2. The van der Waals surface area contributed by atoms with Crippen LogP contribution in [0.4, 0.5) is 16.2 Å². The van der Waals surface area contributed by atoms with Gasteiger partial charge in [-0.1, -0.05) is 18.2 Å². The molecule has 2 aromatic rings. The van der Waals surface area contributed by atoms with Crippen LogP contribution in [0.3, 0.4) is 0 Å². The van der Waals surface area contributed by atoms with Gasteiger partial charge >= 0.3 is 6.03 Å². The second kappa shape index (κ2) is 7.03. The zero-order chi connectivity index (χ0) is 15.2. The third-order valence-corrected chi connectivity index (χ3v) is 3.56. The molecule has 0 aliphatic heterocycles. The molecule has 21 heavy (non-hydrogen) atoms. The molecule has 6 nitrogen and oxygen atoms in total. The highest BCUT2D eigenvalue weighted by atomic mass is 32.2. The number of amides is 2. The number of benzene rings is 1. The number of aryl methyl sites for hydroxylation is 1. The summed E-state index contributed by atoms with van der Waals surface area (Å²) in [5.41, 5.74) is 2.14. The normalized spacial score (nSPS) is 11.9. The summed E-state index contributed by atoms with van der Waals surface area (Å²) < 4.78 is 13.1. The number of hydrogen-bond donors (Lipinski definition) is 2. The fourth-order valence-corrected chi connectivity index (χ4v) is 2.56. The topological polar surface area (TPSA) is 76.0 Å². The lowest BCUT2D eigenvalue weighted by molar-refractivity contribution is 0.262. The van der Waals surface area contributed by atoms with Gasteiger partial charge in [-0.3, -0.25) is 8.89 Å². The van der Waals surface area contributed by atoms with Crippen molar-refractivity contribution in [1.82, 2.24) is 9.78 Å². The Morgan fingerprint density at radius 1 is 1.33 bits per heavy atom. The molecular formula is C14H18N4O2S. The SMILES string of the molecule is CCn1cc(NC(=O)Nc2ccccc2C[S@@](C)=O)cn1. The molecule has 0 bridgehead atoms. The number of rotatable bonds is 5. The molecule has 0 aliphatic carbocycles. The molecule has 1 heterocycles. The lowest BCUT2D eigenvalue weighted by Crippen LogP contribution is -2.20. The van der Waals surface area contributed by atoms with Crippen LogP contribution in [-0.2, 0) is 23.1 Å². The number of carbonyl (C=O) groups is 1. The van der Waals surface area contributed by atoms with Gasteiger partial charge < -0.3 is 10.6 Å². The van der Waals surface area contributed by atoms with Crippen molar-refractivity contribution in [3.63, 3.8) is 0 Å². The van der Waals surface area contributed by atoms with E-state index >= 15 is 0 Å². The van der Waals surface area contributed by atoms with Crippen molar-refractivity contribution in [2.75, 3.05) is 16.9 Å². The van der Waals surface area contributed by atoms with Gasteiger partial charge in [0.25, 0.3) is 0 Å². The molecule has 7 heteroatoms. The van der Waals surface area contributed by atoms with Gasteiger partial charge in [0.1, 0.15) is 0 Å². The van der Waals surface area contributed by atoms with Crippen LogP contribution in [0.5, 0.6) is 0 Å². The molecule has 2 amide bonds. The van der Waals surface area contributed by atoms with Gasteiger partial charge in [-0.15, -0.1) is 0 Å². The van der Waals surface area contributed by atoms with Crippen molar-refractivity contribution in [3.8, 4) is 0 Å². The minimum absolute atomic E-state index is 0.347. The zero-order valence-corrected chi connectivity index (χ0v) is 12.8. The van der Waals surface area contributed by atoms with E-state index in [0.29, 0.717) is 17.1 Å². The monoisotopic (exact) mass is 306 g/mol. The Hall–Kier alpha value is -2.15. The zero-order valence-electron chi connectivity index (χ0n) is 12.0. The Morgan fingerprint density at radius 3 is 2.76 bits per heavy atom. The smallest absolute Gasteiger partial charge is 0.307 e. The van der Waals surface area contributed by atoms with E-state index < -0.39 is 10.8 Å². The van der Waals surface area contributed by atoms with E-state index in [0.717, 1.165) is 12.1 Å². The van der Waals surface area contributed by atoms with E-state index in [4.69, 9.17) is 0 Å². The van der Waals surface area contributed by atoms with Crippen molar-refractivity contribution in [2.45, 2.75) is 19.2 Å². The molecule has 0 unspecified atom stereocenters. The quantitative estimate of drug-likeness (QED) is 0.890. The molecular weight excluding hydrogens is 288 g/mol. The van der Waals surface area contributed by atoms with Crippen LogP contribution in [0.2, 0.25) is 0 Å². The standard InChI is InChI=1S/C14H18N4O2S/c1-3-18-9-12(8-15-18)16-14(19)17-13-7-5-4-6-11(13)10-21(2)20/h4-9H,3,10H2,1-2H3,(H2,16,17,19)/t21-/m1/s1. The molecule has 2 N–H and O–H groups in total. The minimum Gasteiger partial charge on any atom is -0.307 e. The highest BCUT2D eigenvalue weighted by molar-refractivity contribution is 7.83. The lowest BCUT2D eigenvalue weighted by atomic mass is 10.2. The van der Waals surface area contributed by atoms with Crippen LogP contribution in [-0.4, -0.2) is 26.3 Å². The Labute approximate surface area is 126 Å². The second-order valence-electron chi connectivity index (χ2n) is 4.54. The summed E-state index contributed by atoms with van der Waals surface area (Å²) in [6.07, 6.45) is 4.98. The first-order chi connectivity index (χ1) is 10.1. The van der Waals surface area contributed by atoms with Gasteiger partial charge in [0.15, 0.2) is 0 Å². The first-order valence-corrected chi connectivity index (χ1v) is 8.29. The number of para-hydroxylation sites is 1. The third kappa shape index (κ3) is 4.42. The third-order valence-electron chi connectivity index (χ3n) is 2.84. The fourth-order valence-electron chi connectivity index (χ4n) is 1.87. The van der Waals surface area contributed by atoms with Crippen LogP contribution < -0.4 is 10.6 Å². The van der Waals surface area contributed by atoms with Crippen molar-refractivity contribution < 1.29 is 9.00 Å². The molecule has 112 valence electrons. The summed E-state index contributed by atoms with van der Waals surface area (Å²) in [5.74, 6) is 0.407. The van der Waals surface area contributed by atoms with Crippen LogP contribution in [0.25, 0.3) is 0 Å². The predicted molar refractivity (Wildman–Crippen MR) is 84.8 cm³/mol. The number of nitrogens with one attached hydrogen (secondary N) is 2. The summed E-state index contributed by atoms with van der Waals surface area (Å²) in [5, 5.41) is 9.57. The van der Waals surface area contributed by atoms with E-state index in [1.165, 1.54) is 0 Å². The van der Waals surface area contributed by atoms with Crippen molar-refractivity contribution in [2.24, 2.45) is 0 Å². The van der Waals surface area contributed by atoms with Crippen LogP contribution in [0.1, 0.15) is 12.5 Å². The van der Waals surface area contributed by atoms with E-state index in [1.807, 2.05) is 25.1 Å². The van der Waals surface area contributed by atoms with Crippen molar-refractivity contribution >= 4 is 28.2 Å². The summed E-state index contributed by atoms with van der Waals surface area (Å²) in [6.45, 7) is 2.71. The minimum atomic E-state index is -0.963. The van der Waals surface area contributed by atoms with Gasteiger partial charge in [-0.2, -0.15) is 5.10 Å². The van der Waals surface area contributed by atoms with Crippen molar-refractivity contribution in [1.29, 1.82) is 0 Å². The molecule has 0 saturated heterocycles. The average Bonchev–Trinajstić information content (AvgIpc) is 2.88. The van der Waals surface area contributed by atoms with E-state index in [1.54, 1.807) is 29.4 Å². The maximum absolute atomic E-state index is 12.0. The van der Waals surface area contributed by atoms with Gasteiger partial charge in [-0.25, -0.2) is 4.79 Å². The van der Waals surface area contributed by atoms with Crippen molar-refractivity contribution in [3.05, 3.63) is 42.2 Å². The van der Waals surface area contributed by atoms with E-state index in [2.05, 4.69) is 15.7 Å². The van der Waals surface area contributed by atoms with E-state index in [-0.39, 0.29) is 6.03 Å². The van der Waals surface area contributed by atoms with Crippen LogP contribution in [0.15, 0.2) is 36.7 Å². The molecule has 2 rings (SSSR count). The number of aromatic nitrogens is 2. The fraction of sp³-hybridized carbons (Fsp3) is 0.286. The van der Waals surface area contributed by atoms with E-state index in [9.17, 15) is 9.00 Å². The van der Waals surface area contributed by atoms with Crippen LogP contribution >= 0.6 is 0 Å². The highest BCUT2D eigenvalue weighted by Crippen LogP contribution is 2.17. The maximum Gasteiger partial charge on any atom is 0.323 e. The number of carbonyl (C=O) groups excluding carboxylic acids is 1. The second-order valence-corrected chi connectivity index (χ2v) is 5.97. The molecule has 1 aromatic carbocycles. The van der Waals surface area contributed by atoms with Gasteiger partial charge in [0.2, 0.25) is 0 Å². The average molecular weight is 306 g/mol. The Kier molecular flexibility index (Phi) is 5.10. The molecule has 0 fully saturated rings. The molecule has 1 aromatic heterocycles. The molecule has 0 radical (unpaired) electrons. The Balaban J connectivity index is 2.03. The largest absolute Gasteiger partial charge is 0.323 e. The molecule has 0 spiro atoms. The number of hydrogen-bond acceptors (Lipinski definition) is 3. The summed E-state index contributed by atoms with van der Waals surface area (Å²) >= 11 is 0. The summed E-state index contributed by atoms with van der Waals surface area (Å²) in [7, 11) is -0.963. The molecule has 0 saturated carbocycles. The Morgan fingerprint density at radius 2 is 2.10 bits per heavy atom. The lowest BCUT2D eigenvalue weighted by Gasteiger charge is -2.10. The Bertz CT molecular complexity index is 654. The number of urea groups is 1. The van der Waals surface area contributed by atoms with Crippen LogP contribution in [0, 0.1) is 0 Å². The highest BCUT2D eigenvalue weighted by Gasteiger charge is 2.08. The first kappa shape index (κ1) is 15.2.